The third kappa shape index (κ3) is 3.11. The van der Waals surface area contributed by atoms with Crippen molar-refractivity contribution >= 4 is 29.1 Å². The molecule has 0 unspecified atom stereocenters. The van der Waals surface area contributed by atoms with E-state index in [1.807, 2.05) is 0 Å². The Hall–Kier alpha value is -2.34. The zero-order valence-electron chi connectivity index (χ0n) is 9.92. The van der Waals surface area contributed by atoms with Crippen molar-refractivity contribution in [3.63, 3.8) is 0 Å². The van der Waals surface area contributed by atoms with E-state index in [2.05, 4.69) is 15.5 Å². The molecule has 1 aromatic heterocycles. The van der Waals surface area contributed by atoms with Gasteiger partial charge >= 0.3 is 5.97 Å². The lowest BCUT2D eigenvalue weighted by atomic mass is 10.2. The molecule has 2 rings (SSSR count). The van der Waals surface area contributed by atoms with Crippen LogP contribution in [0, 0.1) is 0 Å². The summed E-state index contributed by atoms with van der Waals surface area (Å²) in [6.07, 6.45) is 0. The molecule has 98 valence electrons. The summed E-state index contributed by atoms with van der Waals surface area (Å²) in [6.45, 7) is 0. The molecule has 19 heavy (non-hydrogen) atoms. The number of anilines is 2. The second kappa shape index (κ2) is 5.53. The predicted molar refractivity (Wildman–Crippen MR) is 70.3 cm³/mol. The zero-order chi connectivity index (χ0) is 13.8. The van der Waals surface area contributed by atoms with Gasteiger partial charge in [0.2, 0.25) is 5.88 Å². The van der Waals surface area contributed by atoms with E-state index in [1.165, 1.54) is 13.2 Å². The third-order valence-corrected chi connectivity index (χ3v) is 2.53. The number of hydrogen-bond donors (Lipinski definition) is 2. The van der Waals surface area contributed by atoms with Gasteiger partial charge in [0.25, 0.3) is 0 Å². The smallest absolute Gasteiger partial charge is 0.339 e. The van der Waals surface area contributed by atoms with Crippen molar-refractivity contribution in [1.82, 2.24) is 10.2 Å². The van der Waals surface area contributed by atoms with Gasteiger partial charge in [-0.3, -0.25) is 0 Å². The molecule has 2 aromatic rings. The lowest BCUT2D eigenvalue weighted by Crippen LogP contribution is -2.07. The normalized spacial score (nSPS) is 10.0. The van der Waals surface area contributed by atoms with Crippen LogP contribution in [0.3, 0.4) is 0 Å². The van der Waals surface area contributed by atoms with E-state index in [9.17, 15) is 4.79 Å². The number of halogens is 1. The molecule has 7 heteroatoms. The Morgan fingerprint density at radius 3 is 2.79 bits per heavy atom. The topological polar surface area (TPSA) is 84.3 Å². The van der Waals surface area contributed by atoms with E-state index in [-0.39, 0.29) is 17.3 Å². The molecule has 6 nitrogen and oxygen atoms in total. The standard InChI is InChI=1S/C12H10ClN3O3/c1-19-10-6-9(12(17)18)11(16-15-10)14-8-4-2-3-7(13)5-8/h2-6H,1H3,(H,14,16)(H,17,18). The molecule has 0 bridgehead atoms. The summed E-state index contributed by atoms with van der Waals surface area (Å²) in [5.41, 5.74) is 0.585. The van der Waals surface area contributed by atoms with Gasteiger partial charge in [-0.05, 0) is 18.2 Å². The van der Waals surface area contributed by atoms with E-state index in [0.717, 1.165) is 0 Å². The summed E-state index contributed by atoms with van der Waals surface area (Å²) < 4.78 is 4.84. The van der Waals surface area contributed by atoms with Gasteiger partial charge in [0.05, 0.1) is 7.11 Å². The highest BCUT2D eigenvalue weighted by Gasteiger charge is 2.14. The minimum atomic E-state index is -1.13. The number of carboxylic acid groups (broad SMARTS) is 1. The molecule has 0 saturated carbocycles. The second-order valence-electron chi connectivity index (χ2n) is 3.59. The van der Waals surface area contributed by atoms with Crippen molar-refractivity contribution in [3.8, 4) is 5.88 Å². The Morgan fingerprint density at radius 1 is 1.37 bits per heavy atom. The minimum absolute atomic E-state index is 0.0353. The first-order valence-corrected chi connectivity index (χ1v) is 5.65. The van der Waals surface area contributed by atoms with Crippen molar-refractivity contribution in [1.29, 1.82) is 0 Å². The number of hydrogen-bond acceptors (Lipinski definition) is 5. The predicted octanol–water partition coefficient (Wildman–Crippen LogP) is 2.58. The lowest BCUT2D eigenvalue weighted by molar-refractivity contribution is 0.0697. The fourth-order valence-electron chi connectivity index (χ4n) is 1.43. The monoisotopic (exact) mass is 279 g/mol. The van der Waals surface area contributed by atoms with Crippen LogP contribution in [0.1, 0.15) is 10.4 Å². The molecule has 0 saturated heterocycles. The highest BCUT2D eigenvalue weighted by Crippen LogP contribution is 2.22. The molecule has 0 amide bonds. The van der Waals surface area contributed by atoms with Gasteiger partial charge in [-0.1, -0.05) is 17.7 Å². The van der Waals surface area contributed by atoms with E-state index in [1.54, 1.807) is 24.3 Å². The summed E-state index contributed by atoms with van der Waals surface area (Å²) in [5.74, 6) is -0.873. The summed E-state index contributed by atoms with van der Waals surface area (Å²) in [6, 6.07) is 8.14. The fraction of sp³-hybridized carbons (Fsp3) is 0.0833. The Morgan fingerprint density at radius 2 is 2.16 bits per heavy atom. The first kappa shape index (κ1) is 13.1. The number of nitrogens with one attached hydrogen (secondary N) is 1. The number of methoxy groups -OCH3 is 1. The van der Waals surface area contributed by atoms with Crippen LogP contribution in [0.2, 0.25) is 5.02 Å². The Kier molecular flexibility index (Phi) is 3.82. The second-order valence-corrected chi connectivity index (χ2v) is 4.03. The molecular weight excluding hydrogens is 270 g/mol. The first-order valence-electron chi connectivity index (χ1n) is 5.28. The van der Waals surface area contributed by atoms with Crippen LogP contribution in [-0.2, 0) is 0 Å². The molecule has 1 heterocycles. The van der Waals surface area contributed by atoms with Crippen LogP contribution in [0.5, 0.6) is 5.88 Å². The van der Waals surface area contributed by atoms with Gasteiger partial charge in [-0.2, -0.15) is 0 Å². The summed E-state index contributed by atoms with van der Waals surface area (Å²) >= 11 is 5.85. The van der Waals surface area contributed by atoms with Crippen LogP contribution in [0.25, 0.3) is 0 Å². The van der Waals surface area contributed by atoms with E-state index >= 15 is 0 Å². The Bertz CT molecular complexity index is 619. The summed E-state index contributed by atoms with van der Waals surface area (Å²) in [7, 11) is 1.39. The third-order valence-electron chi connectivity index (χ3n) is 2.30. The maximum atomic E-state index is 11.2. The number of aromatic carboxylic acids is 1. The maximum absolute atomic E-state index is 11.2. The van der Waals surface area contributed by atoms with Crippen molar-refractivity contribution in [2.24, 2.45) is 0 Å². The molecule has 0 aliphatic heterocycles. The van der Waals surface area contributed by atoms with Crippen molar-refractivity contribution in [3.05, 3.63) is 40.9 Å². The number of benzene rings is 1. The quantitative estimate of drug-likeness (QED) is 0.895. The molecule has 2 N–H and O–H groups in total. The number of carbonyl (C=O) groups is 1. The van der Waals surface area contributed by atoms with Crippen LogP contribution >= 0.6 is 11.6 Å². The van der Waals surface area contributed by atoms with E-state index in [0.29, 0.717) is 10.7 Å². The van der Waals surface area contributed by atoms with E-state index < -0.39 is 5.97 Å². The summed E-state index contributed by atoms with van der Waals surface area (Å²) in [5, 5.41) is 20.0. The Labute approximate surface area is 114 Å². The maximum Gasteiger partial charge on any atom is 0.339 e. The van der Waals surface area contributed by atoms with Crippen molar-refractivity contribution < 1.29 is 14.6 Å². The van der Waals surface area contributed by atoms with Gasteiger partial charge in [-0.25, -0.2) is 4.79 Å². The van der Waals surface area contributed by atoms with Gasteiger partial charge in [0.1, 0.15) is 5.56 Å². The van der Waals surface area contributed by atoms with Gasteiger partial charge in [0, 0.05) is 16.8 Å². The number of carboxylic acids is 1. The number of rotatable bonds is 4. The molecule has 0 atom stereocenters. The average Bonchev–Trinajstić information content (AvgIpc) is 2.39. The zero-order valence-corrected chi connectivity index (χ0v) is 10.7. The van der Waals surface area contributed by atoms with Crippen LogP contribution in [-0.4, -0.2) is 28.4 Å². The minimum Gasteiger partial charge on any atom is -0.480 e. The van der Waals surface area contributed by atoms with Crippen LogP contribution in [0.4, 0.5) is 11.5 Å². The first-order chi connectivity index (χ1) is 9.10. The van der Waals surface area contributed by atoms with E-state index in [4.69, 9.17) is 21.4 Å². The van der Waals surface area contributed by atoms with Crippen molar-refractivity contribution in [2.75, 3.05) is 12.4 Å². The molecule has 0 radical (unpaired) electrons. The van der Waals surface area contributed by atoms with Gasteiger partial charge < -0.3 is 15.2 Å². The molecule has 0 aliphatic rings. The number of aromatic nitrogens is 2. The largest absolute Gasteiger partial charge is 0.480 e. The fourth-order valence-corrected chi connectivity index (χ4v) is 1.62. The lowest BCUT2D eigenvalue weighted by Gasteiger charge is -2.08. The highest BCUT2D eigenvalue weighted by atomic mass is 35.5. The van der Waals surface area contributed by atoms with Crippen molar-refractivity contribution in [2.45, 2.75) is 0 Å². The van der Waals surface area contributed by atoms with Gasteiger partial charge in [-0.15, -0.1) is 10.2 Å². The number of ether oxygens (including phenoxy) is 1. The molecule has 1 aromatic carbocycles. The Balaban J connectivity index is 2.36. The molecule has 0 spiro atoms. The van der Waals surface area contributed by atoms with Gasteiger partial charge in [0.15, 0.2) is 5.82 Å². The molecule has 0 fully saturated rings. The average molecular weight is 280 g/mol. The van der Waals surface area contributed by atoms with Crippen LogP contribution < -0.4 is 10.1 Å². The molecular formula is C12H10ClN3O3. The highest BCUT2D eigenvalue weighted by molar-refractivity contribution is 6.30. The molecule has 0 aliphatic carbocycles. The number of nitrogens with zero attached hydrogens (tertiary/aromatic N) is 2. The summed E-state index contributed by atoms with van der Waals surface area (Å²) in [4.78, 5) is 11.2. The SMILES string of the molecule is COc1cc(C(=O)O)c(Nc2cccc(Cl)c2)nn1. The van der Waals surface area contributed by atoms with Crippen LogP contribution in [0.15, 0.2) is 30.3 Å².